The predicted molar refractivity (Wildman–Crippen MR) is 104 cm³/mol. The van der Waals surface area contributed by atoms with Gasteiger partial charge in [0.1, 0.15) is 5.82 Å². The van der Waals surface area contributed by atoms with Crippen LogP contribution in [0.15, 0.2) is 30.5 Å². The van der Waals surface area contributed by atoms with Gasteiger partial charge in [-0.25, -0.2) is 4.98 Å². The molecule has 0 spiro atoms. The first kappa shape index (κ1) is 18.6. The molecule has 1 aliphatic carbocycles. The summed E-state index contributed by atoms with van der Waals surface area (Å²) in [7, 11) is 0. The van der Waals surface area contributed by atoms with Crippen LogP contribution in [-0.2, 0) is 29.2 Å². The lowest BCUT2D eigenvalue weighted by molar-refractivity contribution is -0.127. The van der Waals surface area contributed by atoms with E-state index >= 15 is 0 Å². The molecule has 3 heterocycles. The molecule has 4 rings (SSSR count). The Bertz CT molecular complexity index is 846. The Morgan fingerprint density at radius 1 is 1.29 bits per heavy atom. The van der Waals surface area contributed by atoms with Gasteiger partial charge in [0.25, 0.3) is 0 Å². The highest BCUT2D eigenvalue weighted by atomic mass is 16.2. The molecule has 0 radical (unpaired) electrons. The van der Waals surface area contributed by atoms with Crippen LogP contribution in [0.1, 0.15) is 37.6 Å². The minimum atomic E-state index is -0.271. The molecule has 1 fully saturated rings. The van der Waals surface area contributed by atoms with Gasteiger partial charge in [-0.15, -0.1) is 0 Å². The molecular weight excluding hydrogens is 356 g/mol. The summed E-state index contributed by atoms with van der Waals surface area (Å²) in [6.07, 6.45) is 4.81. The van der Waals surface area contributed by atoms with Crippen molar-refractivity contribution in [1.29, 1.82) is 0 Å². The lowest BCUT2D eigenvalue weighted by atomic mass is 9.85. The smallest absolute Gasteiger partial charge is 0.242 e. The van der Waals surface area contributed by atoms with Gasteiger partial charge in [-0.2, -0.15) is 5.10 Å². The van der Waals surface area contributed by atoms with Crippen molar-refractivity contribution in [2.45, 2.75) is 51.9 Å². The molecular formula is C20H26N6O2. The van der Waals surface area contributed by atoms with Crippen LogP contribution in [0.5, 0.6) is 0 Å². The molecule has 2 aliphatic rings. The van der Waals surface area contributed by atoms with Crippen molar-refractivity contribution in [3.8, 4) is 0 Å². The highest BCUT2D eigenvalue weighted by Gasteiger charge is 2.28. The first-order valence-electron chi connectivity index (χ1n) is 9.89. The zero-order valence-electron chi connectivity index (χ0n) is 16.1. The van der Waals surface area contributed by atoms with Crippen molar-refractivity contribution in [3.63, 3.8) is 0 Å². The van der Waals surface area contributed by atoms with Gasteiger partial charge in [-0.3, -0.25) is 19.2 Å². The van der Waals surface area contributed by atoms with E-state index in [4.69, 9.17) is 0 Å². The number of rotatable bonds is 6. The molecule has 1 atom stereocenters. The third kappa shape index (κ3) is 4.06. The van der Waals surface area contributed by atoms with E-state index in [1.165, 1.54) is 0 Å². The van der Waals surface area contributed by atoms with E-state index in [2.05, 4.69) is 25.6 Å². The van der Waals surface area contributed by atoms with Gasteiger partial charge >= 0.3 is 0 Å². The number of pyridine rings is 1. The summed E-state index contributed by atoms with van der Waals surface area (Å²) < 4.78 is 1.98. The van der Waals surface area contributed by atoms with E-state index < -0.39 is 0 Å². The van der Waals surface area contributed by atoms with Crippen molar-refractivity contribution < 1.29 is 9.59 Å². The van der Waals surface area contributed by atoms with Gasteiger partial charge in [0.15, 0.2) is 0 Å². The van der Waals surface area contributed by atoms with Crippen molar-refractivity contribution in [1.82, 2.24) is 25.0 Å². The molecule has 8 heteroatoms. The number of carbonyl (C=O) groups excluding carboxylic acids is 2. The molecule has 28 heavy (non-hydrogen) atoms. The van der Waals surface area contributed by atoms with Gasteiger partial charge < -0.3 is 10.6 Å². The monoisotopic (exact) mass is 382 g/mol. The predicted octanol–water partition coefficient (Wildman–Crippen LogP) is 1.54. The molecule has 2 aromatic rings. The normalized spacial score (nSPS) is 18.0. The van der Waals surface area contributed by atoms with Crippen LogP contribution >= 0.6 is 0 Å². The van der Waals surface area contributed by atoms with Gasteiger partial charge in [-0.05, 0) is 38.0 Å². The Kier molecular flexibility index (Phi) is 5.38. The maximum atomic E-state index is 12.5. The van der Waals surface area contributed by atoms with E-state index in [1.54, 1.807) is 12.3 Å². The molecule has 1 saturated carbocycles. The molecule has 0 aromatic carbocycles. The number of carbonyl (C=O) groups is 2. The van der Waals surface area contributed by atoms with Crippen molar-refractivity contribution in [2.24, 2.45) is 5.92 Å². The topological polar surface area (TPSA) is 92.2 Å². The molecule has 2 aromatic heterocycles. The number of nitrogens with zero attached hydrogens (tertiary/aromatic N) is 4. The number of hydrogen-bond acceptors (Lipinski definition) is 5. The van der Waals surface area contributed by atoms with Crippen LogP contribution in [0.4, 0.5) is 5.82 Å². The van der Waals surface area contributed by atoms with Gasteiger partial charge in [0.2, 0.25) is 11.8 Å². The summed E-state index contributed by atoms with van der Waals surface area (Å²) in [5.74, 6) is 0.815. The average molecular weight is 382 g/mol. The Labute approximate surface area is 164 Å². The van der Waals surface area contributed by atoms with Crippen LogP contribution in [-0.4, -0.2) is 44.1 Å². The standard InChI is InChI=1S/C20H26N6O2/c1-14(19(27)23-18-7-2-3-8-21-18)25-9-10-26-17(13-25)11-16(24-26)12-22-20(28)15-5-4-6-15/h2-3,7-8,11,14-15H,4-6,9-10,12-13H2,1H3,(H,22,28)(H,21,23,27). The lowest BCUT2D eigenvalue weighted by Gasteiger charge is -2.31. The third-order valence-corrected chi connectivity index (χ3v) is 5.64. The molecule has 148 valence electrons. The highest BCUT2D eigenvalue weighted by Crippen LogP contribution is 2.26. The first-order chi connectivity index (χ1) is 13.6. The second-order valence-electron chi connectivity index (χ2n) is 7.55. The lowest BCUT2D eigenvalue weighted by Crippen LogP contribution is -2.45. The largest absolute Gasteiger partial charge is 0.350 e. The SMILES string of the molecule is CC(C(=O)Nc1ccccn1)N1CCn2nc(CNC(=O)C3CCC3)cc2C1. The second-order valence-corrected chi connectivity index (χ2v) is 7.55. The maximum Gasteiger partial charge on any atom is 0.242 e. The second kappa shape index (κ2) is 8.10. The van der Waals surface area contributed by atoms with Crippen LogP contribution < -0.4 is 10.6 Å². The fourth-order valence-corrected chi connectivity index (χ4v) is 3.59. The van der Waals surface area contributed by atoms with Gasteiger partial charge in [0, 0.05) is 25.2 Å². The summed E-state index contributed by atoms with van der Waals surface area (Å²) in [5.41, 5.74) is 1.94. The number of fused-ring (bicyclic) bond motifs is 1. The van der Waals surface area contributed by atoms with Gasteiger partial charge in [0.05, 0.1) is 30.5 Å². The van der Waals surface area contributed by atoms with Crippen molar-refractivity contribution >= 4 is 17.6 Å². The van der Waals surface area contributed by atoms with Crippen LogP contribution in [0, 0.1) is 5.92 Å². The Balaban J connectivity index is 1.33. The molecule has 2 amide bonds. The van der Waals surface area contributed by atoms with E-state index in [1.807, 2.05) is 29.8 Å². The average Bonchev–Trinajstić information content (AvgIpc) is 3.07. The summed E-state index contributed by atoms with van der Waals surface area (Å²) in [6, 6.07) is 7.19. The Hall–Kier alpha value is -2.74. The fraction of sp³-hybridized carbons (Fsp3) is 0.500. The molecule has 0 bridgehead atoms. The minimum Gasteiger partial charge on any atom is -0.350 e. The van der Waals surface area contributed by atoms with E-state index in [-0.39, 0.29) is 23.8 Å². The molecule has 1 aliphatic heterocycles. The zero-order valence-corrected chi connectivity index (χ0v) is 16.1. The number of anilines is 1. The molecule has 2 N–H and O–H groups in total. The zero-order chi connectivity index (χ0) is 19.5. The summed E-state index contributed by atoms with van der Waals surface area (Å²) in [5, 5.41) is 10.4. The molecule has 1 unspecified atom stereocenters. The number of amides is 2. The quantitative estimate of drug-likeness (QED) is 0.791. The van der Waals surface area contributed by atoms with Crippen LogP contribution in [0.3, 0.4) is 0 Å². The summed E-state index contributed by atoms with van der Waals surface area (Å²) in [6.45, 7) is 4.50. The van der Waals surface area contributed by atoms with E-state index in [0.29, 0.717) is 18.9 Å². The maximum absolute atomic E-state index is 12.5. The minimum absolute atomic E-state index is 0.0698. The molecule has 0 saturated heterocycles. The highest BCUT2D eigenvalue weighted by molar-refractivity contribution is 5.93. The third-order valence-electron chi connectivity index (χ3n) is 5.64. The number of nitrogens with one attached hydrogen (secondary N) is 2. The van der Waals surface area contributed by atoms with E-state index in [9.17, 15) is 9.59 Å². The van der Waals surface area contributed by atoms with Crippen LogP contribution in [0.25, 0.3) is 0 Å². The van der Waals surface area contributed by atoms with Crippen molar-refractivity contribution in [2.75, 3.05) is 11.9 Å². The van der Waals surface area contributed by atoms with E-state index in [0.717, 1.165) is 43.7 Å². The van der Waals surface area contributed by atoms with Crippen LogP contribution in [0.2, 0.25) is 0 Å². The van der Waals surface area contributed by atoms with Crippen molar-refractivity contribution in [3.05, 3.63) is 41.9 Å². The fourth-order valence-electron chi connectivity index (χ4n) is 3.59. The number of hydrogen-bond donors (Lipinski definition) is 2. The summed E-state index contributed by atoms with van der Waals surface area (Å²) >= 11 is 0. The molecule has 8 nitrogen and oxygen atoms in total. The van der Waals surface area contributed by atoms with Gasteiger partial charge in [-0.1, -0.05) is 12.5 Å². The summed E-state index contributed by atoms with van der Waals surface area (Å²) in [4.78, 5) is 30.8. The Morgan fingerprint density at radius 2 is 2.14 bits per heavy atom. The number of aromatic nitrogens is 3. The first-order valence-corrected chi connectivity index (χ1v) is 9.89. The Morgan fingerprint density at radius 3 is 2.86 bits per heavy atom.